The van der Waals surface area contributed by atoms with Crippen molar-refractivity contribution in [2.75, 3.05) is 6.61 Å². The summed E-state index contributed by atoms with van der Waals surface area (Å²) in [5.74, 6) is 0. The summed E-state index contributed by atoms with van der Waals surface area (Å²) in [6.07, 6.45) is 8.70. The second kappa shape index (κ2) is 7.37. The summed E-state index contributed by atoms with van der Waals surface area (Å²) in [5.41, 5.74) is 0.230. The second-order valence-corrected chi connectivity index (χ2v) is 4.18. The molecule has 13 heavy (non-hydrogen) atoms. The quantitative estimate of drug-likeness (QED) is 0.572. The van der Waals surface area contributed by atoms with Gasteiger partial charge >= 0.3 is 0 Å². The molecule has 0 spiro atoms. The lowest BCUT2D eigenvalue weighted by Gasteiger charge is -2.29. The Bertz CT molecular complexity index is 97.4. The van der Waals surface area contributed by atoms with Crippen LogP contribution in [0.3, 0.4) is 0 Å². The average Bonchev–Trinajstić information content (AvgIpc) is 2.20. The molecule has 1 nitrogen and oxygen atoms in total. The van der Waals surface area contributed by atoms with Crippen LogP contribution in [0.5, 0.6) is 0 Å². The van der Waals surface area contributed by atoms with Crippen LogP contribution in [0.4, 0.5) is 0 Å². The highest BCUT2D eigenvalue weighted by atomic mass is 16.3. The van der Waals surface area contributed by atoms with Gasteiger partial charge in [0, 0.05) is 6.61 Å². The molecular weight excluding hydrogens is 160 g/mol. The van der Waals surface area contributed by atoms with Crippen molar-refractivity contribution in [3.05, 3.63) is 0 Å². The van der Waals surface area contributed by atoms with Gasteiger partial charge in [0.15, 0.2) is 0 Å². The first-order valence-corrected chi connectivity index (χ1v) is 5.85. The third-order valence-corrected chi connectivity index (χ3v) is 3.40. The molecule has 0 aliphatic heterocycles. The highest BCUT2D eigenvalue weighted by Crippen LogP contribution is 2.32. The Kier molecular flexibility index (Phi) is 7.35. The van der Waals surface area contributed by atoms with Crippen molar-refractivity contribution in [1.82, 2.24) is 0 Å². The molecule has 0 fully saturated rings. The minimum atomic E-state index is 0.230. The minimum absolute atomic E-state index is 0.230. The van der Waals surface area contributed by atoms with Gasteiger partial charge in [0.2, 0.25) is 0 Å². The van der Waals surface area contributed by atoms with E-state index in [4.69, 9.17) is 0 Å². The molecule has 0 aliphatic carbocycles. The van der Waals surface area contributed by atoms with Gasteiger partial charge in [-0.25, -0.2) is 0 Å². The van der Waals surface area contributed by atoms with Gasteiger partial charge in [-0.3, -0.25) is 0 Å². The summed E-state index contributed by atoms with van der Waals surface area (Å²) >= 11 is 0. The fourth-order valence-electron chi connectivity index (χ4n) is 1.83. The van der Waals surface area contributed by atoms with Crippen LogP contribution < -0.4 is 0 Å². The molecule has 80 valence electrons. The van der Waals surface area contributed by atoms with E-state index >= 15 is 0 Å². The van der Waals surface area contributed by atoms with Crippen molar-refractivity contribution < 1.29 is 5.11 Å². The first-order valence-electron chi connectivity index (χ1n) is 5.85. The van der Waals surface area contributed by atoms with Gasteiger partial charge < -0.3 is 5.11 Å². The summed E-state index contributed by atoms with van der Waals surface area (Å²) < 4.78 is 0. The lowest BCUT2D eigenvalue weighted by atomic mass is 9.78. The van der Waals surface area contributed by atoms with Crippen molar-refractivity contribution in [2.24, 2.45) is 5.41 Å². The first kappa shape index (κ1) is 13.0. The standard InChI is InChI=1S/C12H26O/c1-4-7-8-9-10-12(5-2,6-3)11-13/h13H,4-11H2,1-3H3. The third-order valence-electron chi connectivity index (χ3n) is 3.40. The fraction of sp³-hybridized carbons (Fsp3) is 1.00. The number of unbranched alkanes of at least 4 members (excludes halogenated alkanes) is 3. The molecule has 0 atom stereocenters. The summed E-state index contributed by atoms with van der Waals surface area (Å²) in [4.78, 5) is 0. The topological polar surface area (TPSA) is 20.2 Å². The Morgan fingerprint density at radius 2 is 1.54 bits per heavy atom. The Labute approximate surface area is 83.5 Å². The number of hydrogen-bond donors (Lipinski definition) is 1. The van der Waals surface area contributed by atoms with Gasteiger partial charge in [0.05, 0.1) is 0 Å². The van der Waals surface area contributed by atoms with E-state index in [1.165, 1.54) is 32.1 Å². The molecule has 0 saturated carbocycles. The predicted molar refractivity (Wildman–Crippen MR) is 58.9 cm³/mol. The van der Waals surface area contributed by atoms with Gasteiger partial charge in [0.1, 0.15) is 0 Å². The molecule has 0 amide bonds. The molecule has 0 heterocycles. The molecule has 0 radical (unpaired) electrons. The van der Waals surface area contributed by atoms with E-state index < -0.39 is 0 Å². The first-order chi connectivity index (χ1) is 6.24. The highest BCUT2D eigenvalue weighted by molar-refractivity contribution is 4.75. The molecule has 1 heteroatoms. The van der Waals surface area contributed by atoms with Crippen molar-refractivity contribution in [3.63, 3.8) is 0 Å². The third kappa shape index (κ3) is 4.66. The lowest BCUT2D eigenvalue weighted by Crippen LogP contribution is -2.23. The van der Waals surface area contributed by atoms with E-state index in [1.54, 1.807) is 0 Å². The largest absolute Gasteiger partial charge is 0.396 e. The van der Waals surface area contributed by atoms with Crippen LogP contribution >= 0.6 is 0 Å². The summed E-state index contributed by atoms with van der Waals surface area (Å²) in [6, 6.07) is 0. The highest BCUT2D eigenvalue weighted by Gasteiger charge is 2.23. The Balaban J connectivity index is 3.68. The maximum Gasteiger partial charge on any atom is 0.0487 e. The van der Waals surface area contributed by atoms with Crippen LogP contribution in [0.15, 0.2) is 0 Å². The summed E-state index contributed by atoms with van der Waals surface area (Å²) in [7, 11) is 0. The number of aliphatic hydroxyl groups is 1. The summed E-state index contributed by atoms with van der Waals surface area (Å²) in [6.45, 7) is 6.99. The maximum atomic E-state index is 9.33. The monoisotopic (exact) mass is 186 g/mol. The Hall–Kier alpha value is -0.0400. The zero-order valence-electron chi connectivity index (χ0n) is 9.60. The molecule has 0 aliphatic rings. The predicted octanol–water partition coefficient (Wildman–Crippen LogP) is 3.76. The zero-order valence-corrected chi connectivity index (χ0v) is 9.60. The van der Waals surface area contributed by atoms with Gasteiger partial charge in [-0.1, -0.05) is 46.5 Å². The SMILES string of the molecule is CCCCCCC(CC)(CC)CO. The van der Waals surface area contributed by atoms with E-state index in [0.717, 1.165) is 12.8 Å². The molecular formula is C12H26O. The van der Waals surface area contributed by atoms with Crippen molar-refractivity contribution in [1.29, 1.82) is 0 Å². The average molecular weight is 186 g/mol. The van der Waals surface area contributed by atoms with E-state index in [1.807, 2.05) is 0 Å². The van der Waals surface area contributed by atoms with E-state index in [9.17, 15) is 5.11 Å². The van der Waals surface area contributed by atoms with E-state index in [0.29, 0.717) is 6.61 Å². The molecule has 0 aromatic carbocycles. The van der Waals surface area contributed by atoms with Gasteiger partial charge in [0.25, 0.3) is 0 Å². The van der Waals surface area contributed by atoms with Crippen LogP contribution in [-0.4, -0.2) is 11.7 Å². The Morgan fingerprint density at radius 3 is 1.92 bits per heavy atom. The van der Waals surface area contributed by atoms with Crippen LogP contribution in [-0.2, 0) is 0 Å². The van der Waals surface area contributed by atoms with Crippen LogP contribution in [0.2, 0.25) is 0 Å². The molecule has 0 aromatic heterocycles. The van der Waals surface area contributed by atoms with E-state index in [2.05, 4.69) is 20.8 Å². The lowest BCUT2D eigenvalue weighted by molar-refractivity contribution is 0.102. The fourth-order valence-corrected chi connectivity index (χ4v) is 1.83. The van der Waals surface area contributed by atoms with Gasteiger partial charge in [-0.05, 0) is 24.7 Å². The molecule has 0 bridgehead atoms. The van der Waals surface area contributed by atoms with Crippen molar-refractivity contribution >= 4 is 0 Å². The van der Waals surface area contributed by atoms with Gasteiger partial charge in [-0.2, -0.15) is 0 Å². The van der Waals surface area contributed by atoms with Crippen LogP contribution in [0, 0.1) is 5.41 Å². The van der Waals surface area contributed by atoms with Gasteiger partial charge in [-0.15, -0.1) is 0 Å². The number of aliphatic hydroxyl groups excluding tert-OH is 1. The molecule has 1 N–H and O–H groups in total. The van der Waals surface area contributed by atoms with Crippen molar-refractivity contribution in [3.8, 4) is 0 Å². The second-order valence-electron chi connectivity index (χ2n) is 4.18. The number of rotatable bonds is 8. The van der Waals surface area contributed by atoms with Crippen molar-refractivity contribution in [2.45, 2.75) is 65.7 Å². The minimum Gasteiger partial charge on any atom is -0.396 e. The molecule has 0 unspecified atom stereocenters. The van der Waals surface area contributed by atoms with Crippen LogP contribution in [0.25, 0.3) is 0 Å². The Morgan fingerprint density at radius 1 is 0.923 bits per heavy atom. The molecule has 0 saturated heterocycles. The van der Waals surface area contributed by atoms with E-state index in [-0.39, 0.29) is 5.41 Å². The smallest absolute Gasteiger partial charge is 0.0487 e. The molecule has 0 aromatic rings. The zero-order chi connectivity index (χ0) is 10.2. The summed E-state index contributed by atoms with van der Waals surface area (Å²) in [5, 5.41) is 9.33. The number of hydrogen-bond acceptors (Lipinski definition) is 1. The normalized spacial score (nSPS) is 12.0. The maximum absolute atomic E-state index is 9.33. The van der Waals surface area contributed by atoms with Crippen LogP contribution in [0.1, 0.15) is 65.7 Å². The molecule has 0 rings (SSSR count).